The molecule has 1 aliphatic rings. The van der Waals surface area contributed by atoms with Crippen LogP contribution in [0.1, 0.15) is 271 Å². The highest BCUT2D eigenvalue weighted by atomic mass is 16.7. The van der Waals surface area contributed by atoms with Gasteiger partial charge in [0, 0.05) is 6.42 Å². The Morgan fingerprint density at radius 2 is 0.935 bits per heavy atom. The number of aliphatic hydroxyl groups excluding tert-OH is 5. The van der Waals surface area contributed by atoms with Crippen LogP contribution in [0.25, 0.3) is 0 Å². The summed E-state index contributed by atoms with van der Waals surface area (Å²) in [5, 5.41) is 56.8. The van der Waals surface area contributed by atoms with Gasteiger partial charge in [-0.25, -0.2) is 0 Å². The predicted molar refractivity (Wildman–Crippen MR) is 319 cm³/mol. The van der Waals surface area contributed by atoms with E-state index in [9.17, 15) is 35.1 Å². The molecule has 446 valence electrons. The summed E-state index contributed by atoms with van der Waals surface area (Å²) in [6, 6.07) is -1.06. The molecule has 1 fully saturated rings. The highest BCUT2D eigenvalue weighted by molar-refractivity contribution is 5.80. The molecule has 6 N–H and O–H groups in total. The van der Waals surface area contributed by atoms with E-state index in [-0.39, 0.29) is 19.4 Å². The van der Waals surface area contributed by atoms with Crippen LogP contribution in [0.15, 0.2) is 72.9 Å². The average Bonchev–Trinajstić information content (AvgIpc) is 3.43. The molecule has 1 rings (SSSR count). The van der Waals surface area contributed by atoms with E-state index in [2.05, 4.69) is 32.2 Å². The molecule has 0 aromatic rings. The summed E-state index contributed by atoms with van der Waals surface area (Å²) in [6.45, 7) is 5.61. The molecule has 1 aliphatic heterocycles. The van der Waals surface area contributed by atoms with E-state index in [4.69, 9.17) is 14.2 Å². The first kappa shape index (κ1) is 72.1. The molecule has 77 heavy (non-hydrogen) atoms. The number of aliphatic hydroxyl groups is 5. The molecule has 1 saturated heterocycles. The van der Waals surface area contributed by atoms with Crippen molar-refractivity contribution in [2.24, 2.45) is 0 Å². The minimum absolute atomic E-state index is 0.116. The molecule has 1 heterocycles. The predicted octanol–water partition coefficient (Wildman–Crippen LogP) is 15.2. The largest absolute Gasteiger partial charge is 0.454 e. The number of hydrogen-bond acceptors (Lipinski definition) is 10. The molecule has 0 aromatic carbocycles. The quantitative estimate of drug-likeness (QED) is 0.0149. The Kier molecular flexibility index (Phi) is 50.3. The van der Waals surface area contributed by atoms with E-state index >= 15 is 0 Å². The van der Waals surface area contributed by atoms with Gasteiger partial charge >= 0.3 is 5.97 Å². The number of rotatable bonds is 53. The summed E-state index contributed by atoms with van der Waals surface area (Å²) in [5.41, 5.74) is 0. The van der Waals surface area contributed by atoms with Crippen molar-refractivity contribution in [3.63, 3.8) is 0 Å². The van der Waals surface area contributed by atoms with Gasteiger partial charge in [-0.15, -0.1) is 0 Å². The summed E-state index contributed by atoms with van der Waals surface area (Å²) in [7, 11) is 0. The molecule has 1 amide bonds. The molecule has 0 spiro atoms. The highest BCUT2D eigenvalue weighted by Gasteiger charge is 2.47. The first-order valence-corrected chi connectivity index (χ1v) is 31.8. The number of carbonyl (C=O) groups is 2. The molecule has 0 bridgehead atoms. The van der Waals surface area contributed by atoms with Gasteiger partial charge in [0.15, 0.2) is 12.4 Å². The van der Waals surface area contributed by atoms with E-state index in [1.165, 1.54) is 173 Å². The Hall–Kier alpha value is -2.90. The van der Waals surface area contributed by atoms with Crippen molar-refractivity contribution in [3.8, 4) is 0 Å². The Morgan fingerprint density at radius 1 is 0.519 bits per heavy atom. The Bertz CT molecular complexity index is 1530. The zero-order chi connectivity index (χ0) is 56.1. The van der Waals surface area contributed by atoms with Gasteiger partial charge in [-0.05, 0) is 38.5 Å². The van der Waals surface area contributed by atoms with Crippen molar-refractivity contribution in [2.75, 3.05) is 13.2 Å². The third kappa shape index (κ3) is 41.7. The second-order valence-electron chi connectivity index (χ2n) is 21.9. The average molecular weight is 1080 g/mol. The number of nitrogens with one attached hydrogen (secondary N) is 1. The fourth-order valence-corrected chi connectivity index (χ4v) is 9.74. The summed E-state index contributed by atoms with van der Waals surface area (Å²) in [6.07, 6.45) is 58.3. The number of unbranched alkanes of at least 4 members (excludes halogenated alkanes) is 33. The Balaban J connectivity index is 2.64. The number of ether oxygens (including phenoxy) is 3. The SMILES string of the molecule is CC/C=C/C=C/C=C\C=C/C=C/CCC(O)C(=O)NC(COC1OC(CO)C(O)C(O)C1OC(=O)CCCCCCCCCCCCCCCCCCCCCCCCC)C(O)/C=C/CCCCCCCCCCCCC. The molecule has 0 aromatic heterocycles. The van der Waals surface area contributed by atoms with Crippen molar-refractivity contribution < 1.29 is 49.3 Å². The molecular formula is C66H117NO10. The van der Waals surface area contributed by atoms with Crippen LogP contribution in [0, 0.1) is 0 Å². The summed E-state index contributed by atoms with van der Waals surface area (Å²) >= 11 is 0. The van der Waals surface area contributed by atoms with E-state index in [1.807, 2.05) is 60.8 Å². The van der Waals surface area contributed by atoms with Crippen molar-refractivity contribution in [2.45, 2.75) is 320 Å². The third-order valence-electron chi connectivity index (χ3n) is 14.8. The van der Waals surface area contributed by atoms with Crippen LogP contribution in [0.5, 0.6) is 0 Å². The molecule has 0 saturated carbocycles. The first-order valence-electron chi connectivity index (χ1n) is 31.8. The van der Waals surface area contributed by atoms with E-state index in [1.54, 1.807) is 6.08 Å². The molecular weight excluding hydrogens is 967 g/mol. The van der Waals surface area contributed by atoms with Gasteiger partial charge < -0.3 is 45.1 Å². The van der Waals surface area contributed by atoms with Gasteiger partial charge in [-0.3, -0.25) is 9.59 Å². The fourth-order valence-electron chi connectivity index (χ4n) is 9.74. The van der Waals surface area contributed by atoms with Gasteiger partial charge in [0.25, 0.3) is 0 Å². The lowest BCUT2D eigenvalue weighted by atomic mass is 9.99. The third-order valence-corrected chi connectivity index (χ3v) is 14.8. The lowest BCUT2D eigenvalue weighted by molar-refractivity contribution is -0.305. The maximum Gasteiger partial charge on any atom is 0.306 e. The van der Waals surface area contributed by atoms with Gasteiger partial charge in [-0.1, -0.05) is 299 Å². The monoisotopic (exact) mass is 1080 g/mol. The number of esters is 1. The van der Waals surface area contributed by atoms with Crippen LogP contribution in [0.2, 0.25) is 0 Å². The van der Waals surface area contributed by atoms with Crippen LogP contribution < -0.4 is 5.32 Å². The Labute approximate surface area is 471 Å². The highest BCUT2D eigenvalue weighted by Crippen LogP contribution is 2.26. The van der Waals surface area contributed by atoms with Crippen molar-refractivity contribution in [1.29, 1.82) is 0 Å². The molecule has 8 unspecified atom stereocenters. The van der Waals surface area contributed by atoms with Crippen molar-refractivity contribution in [3.05, 3.63) is 72.9 Å². The number of allylic oxidation sites excluding steroid dienone is 11. The maximum atomic E-state index is 13.3. The van der Waals surface area contributed by atoms with E-state index in [0.717, 1.165) is 51.4 Å². The number of hydrogen-bond donors (Lipinski definition) is 6. The van der Waals surface area contributed by atoms with Crippen LogP contribution in [0.3, 0.4) is 0 Å². The van der Waals surface area contributed by atoms with Gasteiger partial charge in [-0.2, -0.15) is 0 Å². The lowest BCUT2D eigenvalue weighted by Crippen LogP contribution is -2.61. The maximum absolute atomic E-state index is 13.3. The second kappa shape index (κ2) is 53.7. The molecule has 8 atom stereocenters. The van der Waals surface area contributed by atoms with E-state index in [0.29, 0.717) is 12.8 Å². The molecule has 0 aliphatic carbocycles. The number of amides is 1. The lowest BCUT2D eigenvalue weighted by Gasteiger charge is -2.41. The van der Waals surface area contributed by atoms with Crippen LogP contribution in [-0.2, 0) is 23.8 Å². The first-order chi connectivity index (χ1) is 37.7. The van der Waals surface area contributed by atoms with Crippen LogP contribution >= 0.6 is 0 Å². The molecule has 11 nitrogen and oxygen atoms in total. The van der Waals surface area contributed by atoms with Crippen LogP contribution in [-0.4, -0.2) is 99.6 Å². The summed E-state index contributed by atoms with van der Waals surface area (Å²) in [4.78, 5) is 26.5. The minimum Gasteiger partial charge on any atom is -0.454 e. The zero-order valence-corrected chi connectivity index (χ0v) is 49.3. The second-order valence-corrected chi connectivity index (χ2v) is 21.9. The summed E-state index contributed by atoms with van der Waals surface area (Å²) < 4.78 is 17.6. The fraction of sp³-hybridized carbons (Fsp3) is 0.788. The molecule has 0 radical (unpaired) electrons. The van der Waals surface area contributed by atoms with Gasteiger partial charge in [0.2, 0.25) is 5.91 Å². The van der Waals surface area contributed by atoms with Crippen molar-refractivity contribution in [1.82, 2.24) is 5.32 Å². The van der Waals surface area contributed by atoms with E-state index < -0.39 is 67.4 Å². The van der Waals surface area contributed by atoms with Gasteiger partial charge in [0.05, 0.1) is 25.4 Å². The summed E-state index contributed by atoms with van der Waals surface area (Å²) in [5.74, 6) is -1.27. The Morgan fingerprint density at radius 3 is 1.38 bits per heavy atom. The normalized spacial score (nSPS) is 19.5. The van der Waals surface area contributed by atoms with Crippen molar-refractivity contribution >= 4 is 11.9 Å². The molecule has 11 heteroatoms. The van der Waals surface area contributed by atoms with Crippen LogP contribution in [0.4, 0.5) is 0 Å². The van der Waals surface area contributed by atoms with Gasteiger partial charge in [0.1, 0.15) is 24.4 Å². The standard InChI is InChI=1S/C66H117NO10/c1-4-7-10-13-16-19-22-25-26-27-28-29-30-31-32-33-34-36-39-42-45-48-51-54-61(71)77-64-63(73)62(72)60(55-68)76-66(64)75-56-57(58(69)52-49-46-43-40-38-35-23-20-17-14-11-8-5-2)67-65(74)59(70)53-50-47-44-41-37-24-21-18-15-12-9-6-3/h9,12,15,18,21,24,37,41,44,47,49,52,57-60,62-64,66,68-70,72-73H,4-8,10-11,13-14,16-17,19-20,22-23,25-36,38-40,42-43,45-46,48,50-51,53-56H2,1-3H3,(H,67,74)/b12-9+,18-15+,24-21-,41-37-,47-44+,52-49+. The minimum atomic E-state index is -1.63. The number of carbonyl (C=O) groups excluding carboxylic acids is 2. The smallest absolute Gasteiger partial charge is 0.306 e. The zero-order valence-electron chi connectivity index (χ0n) is 49.3. The topological polar surface area (TPSA) is 175 Å².